The van der Waals surface area contributed by atoms with Gasteiger partial charge >= 0.3 is 12.0 Å². The van der Waals surface area contributed by atoms with Gasteiger partial charge in [0, 0.05) is 18.7 Å². The fraction of sp³-hybridized carbons (Fsp3) is 0.667. The van der Waals surface area contributed by atoms with E-state index in [1.165, 1.54) is 6.92 Å². The Morgan fingerprint density at radius 2 is 1.78 bits per heavy atom. The van der Waals surface area contributed by atoms with Crippen molar-refractivity contribution in [1.29, 1.82) is 0 Å². The van der Waals surface area contributed by atoms with E-state index in [-0.39, 0.29) is 30.9 Å². The number of rotatable bonds is 7. The smallest absolute Gasteiger partial charge is 0.321 e. The molecule has 0 bridgehead atoms. The molecule has 9 heteroatoms. The number of carbonyl (C=O) groups excluding carboxylic acids is 2. The van der Waals surface area contributed by atoms with Gasteiger partial charge in [-0.2, -0.15) is 0 Å². The molecule has 0 saturated carbocycles. The lowest BCUT2D eigenvalue weighted by Gasteiger charge is -2.06. The topological polar surface area (TPSA) is 130 Å². The number of sulfone groups is 1. The van der Waals surface area contributed by atoms with Crippen molar-refractivity contribution in [3.63, 3.8) is 0 Å². The van der Waals surface area contributed by atoms with E-state index < -0.39 is 27.7 Å². The van der Waals surface area contributed by atoms with E-state index in [1.54, 1.807) is 0 Å². The van der Waals surface area contributed by atoms with Crippen LogP contribution in [0.2, 0.25) is 0 Å². The maximum absolute atomic E-state index is 11.1. The number of hydrogen-bond donors (Lipinski definition) is 3. The standard InChI is InChI=1S/C9H16N2O6S/c1-2-18(16,17)6-5-10-9(15)11-7(12)3-4-8(13)14/h2-6H2,1H3,(H,13,14)(H2,10,11,12,15). The van der Waals surface area contributed by atoms with Crippen molar-refractivity contribution in [1.82, 2.24) is 10.6 Å². The molecule has 3 N–H and O–H groups in total. The molecule has 0 atom stereocenters. The molecular weight excluding hydrogens is 264 g/mol. The molecule has 0 aromatic heterocycles. The summed E-state index contributed by atoms with van der Waals surface area (Å²) in [4.78, 5) is 32.3. The Labute approximate surface area is 105 Å². The monoisotopic (exact) mass is 280 g/mol. The Morgan fingerprint density at radius 3 is 2.28 bits per heavy atom. The zero-order chi connectivity index (χ0) is 14.2. The second-order valence-electron chi connectivity index (χ2n) is 3.43. The van der Waals surface area contributed by atoms with Crippen molar-refractivity contribution < 1.29 is 27.9 Å². The highest BCUT2D eigenvalue weighted by Crippen LogP contribution is 1.89. The fourth-order valence-corrected chi connectivity index (χ4v) is 1.62. The number of amides is 3. The SMILES string of the molecule is CCS(=O)(=O)CCNC(=O)NC(=O)CCC(=O)O. The molecule has 104 valence electrons. The van der Waals surface area contributed by atoms with Crippen molar-refractivity contribution in [2.75, 3.05) is 18.1 Å². The first-order valence-corrected chi connectivity index (χ1v) is 7.09. The van der Waals surface area contributed by atoms with Crippen LogP contribution in [0.1, 0.15) is 19.8 Å². The van der Waals surface area contributed by atoms with Gasteiger partial charge in [-0.25, -0.2) is 13.2 Å². The van der Waals surface area contributed by atoms with Crippen LogP contribution in [0.3, 0.4) is 0 Å². The van der Waals surface area contributed by atoms with Crippen molar-refractivity contribution in [2.24, 2.45) is 0 Å². The van der Waals surface area contributed by atoms with Crippen LogP contribution in [0.15, 0.2) is 0 Å². The van der Waals surface area contributed by atoms with Crippen molar-refractivity contribution in [3.8, 4) is 0 Å². The maximum atomic E-state index is 11.1. The number of hydrogen-bond acceptors (Lipinski definition) is 5. The minimum absolute atomic E-state index is 0.0200. The normalized spacial score (nSPS) is 10.7. The summed E-state index contributed by atoms with van der Waals surface area (Å²) in [5.74, 6) is -2.10. The summed E-state index contributed by atoms with van der Waals surface area (Å²) < 4.78 is 22.2. The van der Waals surface area contributed by atoms with Crippen LogP contribution >= 0.6 is 0 Å². The van der Waals surface area contributed by atoms with Crippen LogP contribution in [0.4, 0.5) is 4.79 Å². The predicted molar refractivity (Wildman–Crippen MR) is 62.7 cm³/mol. The predicted octanol–water partition coefficient (Wildman–Crippen LogP) is -0.888. The third-order valence-electron chi connectivity index (χ3n) is 1.96. The van der Waals surface area contributed by atoms with Crippen LogP contribution in [0, 0.1) is 0 Å². The number of carboxylic acids is 1. The van der Waals surface area contributed by atoms with E-state index >= 15 is 0 Å². The number of aliphatic carboxylic acids is 1. The second kappa shape index (κ2) is 7.64. The van der Waals surface area contributed by atoms with Crippen molar-refractivity contribution in [3.05, 3.63) is 0 Å². The first-order valence-electron chi connectivity index (χ1n) is 5.26. The molecule has 0 unspecified atom stereocenters. The summed E-state index contributed by atoms with van der Waals surface area (Å²) in [6, 6.07) is -0.836. The highest BCUT2D eigenvalue weighted by molar-refractivity contribution is 7.91. The van der Waals surface area contributed by atoms with E-state index in [4.69, 9.17) is 5.11 Å². The Hall–Kier alpha value is -1.64. The Bertz CT molecular complexity index is 417. The molecule has 0 heterocycles. The summed E-state index contributed by atoms with van der Waals surface area (Å²) in [6.45, 7) is 1.39. The molecule has 0 radical (unpaired) electrons. The van der Waals surface area contributed by atoms with Gasteiger partial charge in [0.1, 0.15) is 0 Å². The molecule has 3 amide bonds. The Balaban J connectivity index is 3.85. The minimum atomic E-state index is -3.17. The number of carbonyl (C=O) groups is 3. The molecule has 0 aliphatic rings. The van der Waals surface area contributed by atoms with E-state index in [0.717, 1.165) is 0 Å². The zero-order valence-electron chi connectivity index (χ0n) is 9.93. The lowest BCUT2D eigenvalue weighted by atomic mass is 10.3. The van der Waals surface area contributed by atoms with Crippen LogP contribution < -0.4 is 10.6 Å². The van der Waals surface area contributed by atoms with E-state index in [2.05, 4.69) is 5.32 Å². The molecule has 0 aliphatic heterocycles. The van der Waals surface area contributed by atoms with Crippen molar-refractivity contribution in [2.45, 2.75) is 19.8 Å². The average molecular weight is 280 g/mol. The highest BCUT2D eigenvalue weighted by Gasteiger charge is 2.11. The van der Waals surface area contributed by atoms with E-state index in [9.17, 15) is 22.8 Å². The third-order valence-corrected chi connectivity index (χ3v) is 3.66. The maximum Gasteiger partial charge on any atom is 0.321 e. The molecule has 0 aromatic carbocycles. The summed E-state index contributed by atoms with van der Waals surface area (Å²) in [7, 11) is -3.17. The molecule has 0 fully saturated rings. The molecule has 8 nitrogen and oxygen atoms in total. The Kier molecular flexibility index (Phi) is 6.94. The van der Waals surface area contributed by atoms with Gasteiger partial charge < -0.3 is 10.4 Å². The van der Waals surface area contributed by atoms with Gasteiger partial charge in [-0.3, -0.25) is 14.9 Å². The van der Waals surface area contributed by atoms with Gasteiger partial charge in [-0.15, -0.1) is 0 Å². The molecule has 0 aromatic rings. The fourth-order valence-electron chi connectivity index (χ4n) is 0.918. The number of nitrogens with one attached hydrogen (secondary N) is 2. The largest absolute Gasteiger partial charge is 0.481 e. The van der Waals surface area contributed by atoms with Gasteiger partial charge in [-0.05, 0) is 0 Å². The summed E-state index contributed by atoms with van der Waals surface area (Å²) in [5, 5.41) is 12.4. The van der Waals surface area contributed by atoms with Gasteiger partial charge in [0.25, 0.3) is 0 Å². The van der Waals surface area contributed by atoms with Gasteiger partial charge in [0.05, 0.1) is 12.2 Å². The molecular formula is C9H16N2O6S. The number of urea groups is 1. The van der Waals surface area contributed by atoms with Crippen LogP contribution in [-0.4, -0.2) is 49.5 Å². The summed E-state index contributed by atoms with van der Waals surface area (Å²) in [5.41, 5.74) is 0. The first-order chi connectivity index (χ1) is 8.26. The summed E-state index contributed by atoms with van der Waals surface area (Å²) >= 11 is 0. The quantitative estimate of drug-likeness (QED) is 0.554. The highest BCUT2D eigenvalue weighted by atomic mass is 32.2. The molecule has 0 aliphatic carbocycles. The van der Waals surface area contributed by atoms with Gasteiger partial charge in [-0.1, -0.05) is 6.92 Å². The van der Waals surface area contributed by atoms with E-state index in [1.807, 2.05) is 5.32 Å². The molecule has 0 saturated heterocycles. The minimum Gasteiger partial charge on any atom is -0.481 e. The average Bonchev–Trinajstić information content (AvgIpc) is 2.26. The van der Waals surface area contributed by atoms with Crippen molar-refractivity contribution >= 4 is 27.7 Å². The second-order valence-corrected chi connectivity index (χ2v) is 5.91. The van der Waals surface area contributed by atoms with Crippen LogP contribution in [0.5, 0.6) is 0 Å². The summed E-state index contributed by atoms with van der Waals surface area (Å²) in [6.07, 6.45) is -0.681. The molecule has 0 rings (SSSR count). The molecule has 18 heavy (non-hydrogen) atoms. The number of imide groups is 1. The third kappa shape index (κ3) is 8.50. The lowest BCUT2D eigenvalue weighted by Crippen LogP contribution is -2.41. The first kappa shape index (κ1) is 16.4. The zero-order valence-corrected chi connectivity index (χ0v) is 10.7. The number of carboxylic acid groups (broad SMARTS) is 1. The van der Waals surface area contributed by atoms with Gasteiger partial charge in [0.15, 0.2) is 9.84 Å². The lowest BCUT2D eigenvalue weighted by molar-refractivity contribution is -0.138. The van der Waals surface area contributed by atoms with Crippen LogP contribution in [-0.2, 0) is 19.4 Å². The van der Waals surface area contributed by atoms with Crippen LogP contribution in [0.25, 0.3) is 0 Å². The molecule has 0 spiro atoms. The van der Waals surface area contributed by atoms with E-state index in [0.29, 0.717) is 0 Å². The Morgan fingerprint density at radius 1 is 1.17 bits per heavy atom. The van der Waals surface area contributed by atoms with Gasteiger partial charge in [0.2, 0.25) is 5.91 Å².